The molecule has 2 rings (SSSR count). The van der Waals surface area contributed by atoms with Crippen molar-refractivity contribution in [3.63, 3.8) is 0 Å². The van der Waals surface area contributed by atoms with E-state index < -0.39 is 0 Å². The van der Waals surface area contributed by atoms with Gasteiger partial charge in [-0.25, -0.2) is 0 Å². The molecule has 1 aromatic heterocycles. The average Bonchev–Trinajstić information content (AvgIpc) is 2.92. The molecule has 20 heavy (non-hydrogen) atoms. The van der Waals surface area contributed by atoms with Crippen molar-refractivity contribution in [1.29, 1.82) is 0 Å². The molecule has 0 bridgehead atoms. The summed E-state index contributed by atoms with van der Waals surface area (Å²) in [5, 5.41) is 11.5. The van der Waals surface area contributed by atoms with Gasteiger partial charge in [0.1, 0.15) is 0 Å². The molecule has 0 unspecified atom stereocenters. The van der Waals surface area contributed by atoms with Gasteiger partial charge in [0.05, 0.1) is 0 Å². The molecule has 0 spiro atoms. The molecule has 4 heteroatoms. The van der Waals surface area contributed by atoms with Crippen LogP contribution >= 0.6 is 0 Å². The smallest absolute Gasteiger partial charge is 0.247 e. The summed E-state index contributed by atoms with van der Waals surface area (Å²) in [6.45, 7) is 8.45. The first-order valence-corrected chi connectivity index (χ1v) is 7.34. The van der Waals surface area contributed by atoms with E-state index in [1.807, 2.05) is 12.1 Å². The SMILES string of the molecule is CCNCCCc1nnc(-c2ccc(C(C)C)cc2)o1. The third-order valence-electron chi connectivity index (χ3n) is 3.29. The van der Waals surface area contributed by atoms with Crippen molar-refractivity contribution >= 4 is 0 Å². The molecule has 1 N–H and O–H groups in total. The number of hydrogen-bond donors (Lipinski definition) is 1. The molecule has 0 aliphatic carbocycles. The van der Waals surface area contributed by atoms with Gasteiger partial charge in [-0.15, -0.1) is 10.2 Å². The minimum atomic E-state index is 0.536. The molecule has 0 saturated heterocycles. The van der Waals surface area contributed by atoms with E-state index >= 15 is 0 Å². The summed E-state index contributed by atoms with van der Waals surface area (Å²) in [7, 11) is 0. The first-order chi connectivity index (χ1) is 9.70. The number of hydrogen-bond acceptors (Lipinski definition) is 4. The predicted octanol–water partition coefficient (Wildman–Crippen LogP) is 3.40. The molecule has 2 aromatic rings. The fraction of sp³-hybridized carbons (Fsp3) is 0.500. The highest BCUT2D eigenvalue weighted by atomic mass is 16.4. The van der Waals surface area contributed by atoms with Gasteiger partial charge in [-0.1, -0.05) is 32.9 Å². The van der Waals surface area contributed by atoms with Crippen LogP contribution in [0.4, 0.5) is 0 Å². The van der Waals surface area contributed by atoms with Gasteiger partial charge in [-0.2, -0.15) is 0 Å². The molecule has 0 aliphatic heterocycles. The summed E-state index contributed by atoms with van der Waals surface area (Å²) in [5.74, 6) is 1.86. The molecule has 0 aliphatic rings. The number of benzene rings is 1. The summed E-state index contributed by atoms with van der Waals surface area (Å²) in [4.78, 5) is 0. The van der Waals surface area contributed by atoms with Crippen molar-refractivity contribution in [1.82, 2.24) is 15.5 Å². The molecule has 1 aromatic carbocycles. The molecule has 0 amide bonds. The van der Waals surface area contributed by atoms with Crippen molar-refractivity contribution in [3.05, 3.63) is 35.7 Å². The van der Waals surface area contributed by atoms with Crippen molar-refractivity contribution in [3.8, 4) is 11.5 Å². The monoisotopic (exact) mass is 273 g/mol. The Balaban J connectivity index is 1.97. The molecule has 0 radical (unpaired) electrons. The minimum Gasteiger partial charge on any atom is -0.421 e. The lowest BCUT2D eigenvalue weighted by Gasteiger charge is -2.04. The second-order valence-corrected chi connectivity index (χ2v) is 5.23. The molecule has 4 nitrogen and oxygen atoms in total. The van der Waals surface area contributed by atoms with Crippen LogP contribution < -0.4 is 5.32 Å². The van der Waals surface area contributed by atoms with Crippen molar-refractivity contribution in [2.24, 2.45) is 0 Å². The summed E-state index contributed by atoms with van der Waals surface area (Å²) >= 11 is 0. The molecule has 1 heterocycles. The Morgan fingerprint density at radius 2 is 1.90 bits per heavy atom. The summed E-state index contributed by atoms with van der Waals surface area (Å²) in [5.41, 5.74) is 2.30. The second kappa shape index (κ2) is 7.20. The zero-order valence-corrected chi connectivity index (χ0v) is 12.5. The highest BCUT2D eigenvalue weighted by molar-refractivity contribution is 5.53. The predicted molar refractivity (Wildman–Crippen MR) is 80.7 cm³/mol. The van der Waals surface area contributed by atoms with Crippen molar-refractivity contribution in [2.75, 3.05) is 13.1 Å². The van der Waals surface area contributed by atoms with Crippen LogP contribution in [0.15, 0.2) is 28.7 Å². The molecule has 0 saturated carbocycles. The molecule has 0 fully saturated rings. The van der Waals surface area contributed by atoms with Gasteiger partial charge in [-0.3, -0.25) is 0 Å². The maximum Gasteiger partial charge on any atom is 0.247 e. The Morgan fingerprint density at radius 1 is 1.15 bits per heavy atom. The maximum atomic E-state index is 5.70. The zero-order valence-electron chi connectivity index (χ0n) is 12.5. The Labute approximate surface area is 120 Å². The van der Waals surface area contributed by atoms with Crippen molar-refractivity contribution in [2.45, 2.75) is 39.5 Å². The van der Waals surface area contributed by atoms with E-state index in [1.165, 1.54) is 5.56 Å². The van der Waals surface area contributed by atoms with E-state index in [2.05, 4.69) is 48.4 Å². The minimum absolute atomic E-state index is 0.536. The lowest BCUT2D eigenvalue weighted by Crippen LogP contribution is -2.14. The first-order valence-electron chi connectivity index (χ1n) is 7.34. The zero-order chi connectivity index (χ0) is 14.4. The fourth-order valence-corrected chi connectivity index (χ4v) is 2.02. The van der Waals surface area contributed by atoms with Crippen LogP contribution in [0.2, 0.25) is 0 Å². The highest BCUT2D eigenvalue weighted by Gasteiger charge is 2.08. The van der Waals surface area contributed by atoms with E-state index in [9.17, 15) is 0 Å². The van der Waals surface area contributed by atoms with Gasteiger partial charge < -0.3 is 9.73 Å². The molecule has 0 atom stereocenters. The van der Waals surface area contributed by atoms with E-state index in [1.54, 1.807) is 0 Å². The van der Waals surface area contributed by atoms with E-state index in [0.29, 0.717) is 17.7 Å². The van der Waals surface area contributed by atoms with Crippen LogP contribution in [0.25, 0.3) is 11.5 Å². The van der Waals surface area contributed by atoms with E-state index in [0.717, 1.165) is 31.5 Å². The number of nitrogens with one attached hydrogen (secondary N) is 1. The second-order valence-electron chi connectivity index (χ2n) is 5.23. The van der Waals surface area contributed by atoms with Crippen LogP contribution in [0.3, 0.4) is 0 Å². The van der Waals surface area contributed by atoms with Crippen LogP contribution in [0.1, 0.15) is 44.6 Å². The number of aryl methyl sites for hydroxylation is 1. The Kier molecular flexibility index (Phi) is 5.30. The molecular weight excluding hydrogens is 250 g/mol. The third-order valence-corrected chi connectivity index (χ3v) is 3.29. The largest absolute Gasteiger partial charge is 0.421 e. The maximum absolute atomic E-state index is 5.70. The number of rotatable bonds is 7. The normalized spacial score (nSPS) is 11.2. The quantitative estimate of drug-likeness (QED) is 0.785. The average molecular weight is 273 g/mol. The lowest BCUT2D eigenvalue weighted by molar-refractivity contribution is 0.492. The van der Waals surface area contributed by atoms with Crippen LogP contribution in [-0.2, 0) is 6.42 Å². The standard InChI is InChI=1S/C16H23N3O/c1-4-17-11-5-6-15-18-19-16(20-15)14-9-7-13(8-10-14)12(2)3/h7-10,12,17H,4-6,11H2,1-3H3. The topological polar surface area (TPSA) is 51.0 Å². The van der Waals surface area contributed by atoms with Gasteiger partial charge in [0.2, 0.25) is 11.8 Å². The summed E-state index contributed by atoms with van der Waals surface area (Å²) < 4.78 is 5.70. The van der Waals surface area contributed by atoms with Crippen molar-refractivity contribution < 1.29 is 4.42 Å². The van der Waals surface area contributed by atoms with Gasteiger partial charge in [0, 0.05) is 12.0 Å². The highest BCUT2D eigenvalue weighted by Crippen LogP contribution is 2.21. The Bertz CT molecular complexity index is 517. The summed E-state index contributed by atoms with van der Waals surface area (Å²) in [6, 6.07) is 8.33. The summed E-state index contributed by atoms with van der Waals surface area (Å²) in [6.07, 6.45) is 1.84. The Hall–Kier alpha value is -1.68. The van der Waals surface area contributed by atoms with Crippen LogP contribution in [0, 0.1) is 0 Å². The lowest BCUT2D eigenvalue weighted by atomic mass is 10.0. The van der Waals surface area contributed by atoms with Gasteiger partial charge in [0.25, 0.3) is 0 Å². The number of nitrogens with zero attached hydrogens (tertiary/aromatic N) is 2. The fourth-order valence-electron chi connectivity index (χ4n) is 2.02. The van der Waals surface area contributed by atoms with Gasteiger partial charge >= 0.3 is 0 Å². The molecule has 108 valence electrons. The number of aromatic nitrogens is 2. The van der Waals surface area contributed by atoms with Crippen LogP contribution in [0.5, 0.6) is 0 Å². The van der Waals surface area contributed by atoms with Gasteiger partial charge in [-0.05, 0) is 43.1 Å². The van der Waals surface area contributed by atoms with Crippen LogP contribution in [-0.4, -0.2) is 23.3 Å². The van der Waals surface area contributed by atoms with Gasteiger partial charge in [0.15, 0.2) is 0 Å². The third kappa shape index (κ3) is 3.90. The van der Waals surface area contributed by atoms with E-state index in [4.69, 9.17) is 4.42 Å². The molecular formula is C16H23N3O. The van der Waals surface area contributed by atoms with E-state index in [-0.39, 0.29) is 0 Å². The first kappa shape index (κ1) is 14.7. The Morgan fingerprint density at radius 3 is 2.55 bits per heavy atom.